The molecular formula is C22H20N4O4S2. The summed E-state index contributed by atoms with van der Waals surface area (Å²) in [4.78, 5) is 13.1. The van der Waals surface area contributed by atoms with Crippen LogP contribution in [0.3, 0.4) is 0 Å². The van der Waals surface area contributed by atoms with Crippen molar-refractivity contribution in [3.63, 3.8) is 0 Å². The van der Waals surface area contributed by atoms with Crippen LogP contribution in [0.4, 0.5) is 0 Å². The van der Waals surface area contributed by atoms with Crippen LogP contribution in [-0.4, -0.2) is 30.2 Å². The van der Waals surface area contributed by atoms with E-state index in [9.17, 15) is 13.2 Å². The Morgan fingerprint density at radius 2 is 1.75 bits per heavy atom. The Bertz CT molecular complexity index is 1340. The first kappa shape index (κ1) is 21.9. The number of sulfonamides is 1. The lowest BCUT2D eigenvalue weighted by Gasteiger charge is -2.19. The first-order chi connectivity index (χ1) is 15.5. The van der Waals surface area contributed by atoms with Crippen LogP contribution in [0.1, 0.15) is 17.2 Å². The number of fused-ring (bicyclic) bond motifs is 1. The molecule has 0 aliphatic heterocycles. The number of carbonyl (C=O) groups is 1. The molecular weight excluding hydrogens is 448 g/mol. The number of nitrogens with one attached hydrogen (secondary N) is 2. The summed E-state index contributed by atoms with van der Waals surface area (Å²) >= 11 is 0.931. The number of para-hydroxylation sites is 1. The zero-order valence-corrected chi connectivity index (χ0v) is 18.7. The molecule has 164 valence electrons. The van der Waals surface area contributed by atoms with Crippen LogP contribution in [0.25, 0.3) is 11.0 Å². The molecule has 1 atom stereocenters. The Labute approximate surface area is 189 Å². The average Bonchev–Trinajstić information content (AvgIpc) is 3.30. The molecule has 0 radical (unpaired) electrons. The van der Waals surface area contributed by atoms with E-state index in [1.54, 1.807) is 55.6 Å². The van der Waals surface area contributed by atoms with Crippen molar-refractivity contribution in [2.75, 3.05) is 7.11 Å². The molecule has 4 rings (SSSR count). The van der Waals surface area contributed by atoms with Crippen molar-refractivity contribution >= 4 is 38.7 Å². The van der Waals surface area contributed by atoms with Crippen molar-refractivity contribution in [3.8, 4) is 5.75 Å². The van der Waals surface area contributed by atoms with E-state index in [1.807, 2.05) is 18.2 Å². The molecule has 0 saturated carbocycles. The summed E-state index contributed by atoms with van der Waals surface area (Å²) in [5, 5.41) is 2.81. The van der Waals surface area contributed by atoms with E-state index in [-0.39, 0.29) is 17.0 Å². The van der Waals surface area contributed by atoms with Gasteiger partial charge in [-0.15, -0.1) is 0 Å². The highest BCUT2D eigenvalue weighted by Gasteiger charge is 2.29. The summed E-state index contributed by atoms with van der Waals surface area (Å²) in [6.45, 7) is 0.180. The predicted molar refractivity (Wildman–Crippen MR) is 122 cm³/mol. The van der Waals surface area contributed by atoms with Crippen molar-refractivity contribution in [2.24, 2.45) is 0 Å². The number of amides is 1. The summed E-state index contributed by atoms with van der Waals surface area (Å²) in [7, 11) is -2.53. The molecule has 2 N–H and O–H groups in total. The number of nitrogens with zero attached hydrogens (tertiary/aromatic N) is 2. The third-order valence-corrected chi connectivity index (χ3v) is 6.85. The van der Waals surface area contributed by atoms with Crippen molar-refractivity contribution in [1.82, 2.24) is 18.8 Å². The van der Waals surface area contributed by atoms with Crippen LogP contribution >= 0.6 is 11.7 Å². The highest BCUT2D eigenvalue weighted by molar-refractivity contribution is 7.89. The number of hydrogen-bond acceptors (Lipinski definition) is 7. The van der Waals surface area contributed by atoms with Gasteiger partial charge in [0, 0.05) is 12.1 Å². The van der Waals surface area contributed by atoms with Gasteiger partial charge in [0.2, 0.25) is 15.9 Å². The Morgan fingerprint density at radius 3 is 2.53 bits per heavy atom. The zero-order chi connectivity index (χ0) is 22.6. The smallest absolute Gasteiger partial charge is 0.243 e. The van der Waals surface area contributed by atoms with Gasteiger partial charge in [0.1, 0.15) is 27.7 Å². The maximum atomic E-state index is 13.2. The molecule has 0 spiro atoms. The molecule has 0 aliphatic carbocycles. The van der Waals surface area contributed by atoms with Gasteiger partial charge in [0.25, 0.3) is 0 Å². The van der Waals surface area contributed by atoms with E-state index in [0.29, 0.717) is 16.8 Å². The summed E-state index contributed by atoms with van der Waals surface area (Å²) in [6.07, 6.45) is 0. The maximum absolute atomic E-state index is 13.2. The first-order valence-corrected chi connectivity index (χ1v) is 11.9. The van der Waals surface area contributed by atoms with Crippen LogP contribution in [0.5, 0.6) is 5.75 Å². The topological polar surface area (TPSA) is 110 Å². The molecule has 32 heavy (non-hydrogen) atoms. The molecule has 8 nitrogen and oxygen atoms in total. The normalized spacial score (nSPS) is 12.4. The fraction of sp³-hybridized carbons (Fsp3) is 0.136. The highest BCUT2D eigenvalue weighted by Crippen LogP contribution is 2.24. The molecule has 4 aromatic rings. The Kier molecular flexibility index (Phi) is 6.45. The van der Waals surface area contributed by atoms with Gasteiger partial charge >= 0.3 is 0 Å². The van der Waals surface area contributed by atoms with Gasteiger partial charge in [0.15, 0.2) is 0 Å². The number of aromatic nitrogens is 2. The lowest BCUT2D eigenvalue weighted by molar-refractivity contribution is -0.123. The first-order valence-electron chi connectivity index (χ1n) is 9.68. The molecule has 0 saturated heterocycles. The number of benzene rings is 3. The van der Waals surface area contributed by atoms with Gasteiger partial charge in [-0.3, -0.25) is 4.79 Å². The summed E-state index contributed by atoms with van der Waals surface area (Å²) in [5.74, 6) is 0.140. The maximum Gasteiger partial charge on any atom is 0.243 e. The van der Waals surface area contributed by atoms with Gasteiger partial charge < -0.3 is 10.1 Å². The summed E-state index contributed by atoms with van der Waals surface area (Å²) in [5.41, 5.74) is 2.04. The highest BCUT2D eigenvalue weighted by atomic mass is 32.2. The van der Waals surface area contributed by atoms with Crippen LogP contribution in [0, 0.1) is 0 Å². The van der Waals surface area contributed by atoms with E-state index in [4.69, 9.17) is 4.74 Å². The van der Waals surface area contributed by atoms with Gasteiger partial charge in [-0.25, -0.2) is 8.42 Å². The lowest BCUT2D eigenvalue weighted by Crippen LogP contribution is -2.40. The number of ether oxygens (including phenoxy) is 1. The van der Waals surface area contributed by atoms with E-state index in [0.717, 1.165) is 17.3 Å². The van der Waals surface area contributed by atoms with Crippen molar-refractivity contribution in [2.45, 2.75) is 17.5 Å². The second-order valence-corrected chi connectivity index (χ2v) is 9.09. The lowest BCUT2D eigenvalue weighted by atomic mass is 10.1. The quantitative estimate of drug-likeness (QED) is 0.411. The number of carbonyl (C=O) groups excluding carboxylic acids is 1. The Hall–Kier alpha value is -3.34. The molecule has 1 heterocycles. The van der Waals surface area contributed by atoms with Crippen LogP contribution < -0.4 is 14.8 Å². The monoisotopic (exact) mass is 468 g/mol. The zero-order valence-electron chi connectivity index (χ0n) is 17.1. The fourth-order valence-electron chi connectivity index (χ4n) is 3.27. The molecule has 1 unspecified atom stereocenters. The van der Waals surface area contributed by atoms with Crippen molar-refractivity contribution < 1.29 is 17.9 Å². The third kappa shape index (κ3) is 4.62. The van der Waals surface area contributed by atoms with E-state index >= 15 is 0 Å². The largest absolute Gasteiger partial charge is 0.496 e. The molecule has 10 heteroatoms. The predicted octanol–water partition coefficient (Wildman–Crippen LogP) is 3.04. The van der Waals surface area contributed by atoms with Crippen LogP contribution in [-0.2, 0) is 21.4 Å². The van der Waals surface area contributed by atoms with Crippen molar-refractivity contribution in [1.29, 1.82) is 0 Å². The van der Waals surface area contributed by atoms with Gasteiger partial charge in [0.05, 0.1) is 18.8 Å². The SMILES string of the molecule is COc1ccccc1CNC(=O)C(NS(=O)(=O)c1cccc2nsnc12)c1ccccc1. The standard InChI is InChI=1S/C22H20N4O4S2/c1-30-18-12-6-5-10-16(18)14-23-22(27)20(15-8-3-2-4-9-15)26-32(28,29)19-13-7-11-17-21(19)25-31-24-17/h2-13,20,26H,14H2,1H3,(H,23,27). The minimum Gasteiger partial charge on any atom is -0.496 e. The Morgan fingerprint density at radius 1 is 1.00 bits per heavy atom. The summed E-state index contributed by atoms with van der Waals surface area (Å²) in [6, 6.07) is 19.6. The number of methoxy groups -OCH3 is 1. The van der Waals surface area contributed by atoms with Gasteiger partial charge in [-0.1, -0.05) is 54.6 Å². The minimum atomic E-state index is -4.08. The number of rotatable bonds is 8. The second-order valence-electron chi connectivity index (χ2n) is 6.88. The fourth-order valence-corrected chi connectivity index (χ4v) is 5.22. The molecule has 0 bridgehead atoms. The number of hydrogen-bond donors (Lipinski definition) is 2. The molecule has 0 aliphatic rings. The van der Waals surface area contributed by atoms with Gasteiger partial charge in [-0.05, 0) is 23.8 Å². The third-order valence-electron chi connectivity index (χ3n) is 4.85. The van der Waals surface area contributed by atoms with Crippen molar-refractivity contribution in [3.05, 3.63) is 83.9 Å². The van der Waals surface area contributed by atoms with E-state index < -0.39 is 22.0 Å². The summed E-state index contributed by atoms with van der Waals surface area (Å²) < 4.78 is 42.5. The molecule has 1 aromatic heterocycles. The average molecular weight is 469 g/mol. The molecule has 0 fully saturated rings. The van der Waals surface area contributed by atoms with E-state index in [1.165, 1.54) is 6.07 Å². The van der Waals surface area contributed by atoms with E-state index in [2.05, 4.69) is 18.8 Å². The molecule has 3 aromatic carbocycles. The van der Waals surface area contributed by atoms with Crippen LogP contribution in [0.2, 0.25) is 0 Å². The second kappa shape index (κ2) is 9.43. The molecule has 1 amide bonds. The van der Waals surface area contributed by atoms with Gasteiger partial charge in [-0.2, -0.15) is 13.5 Å². The van der Waals surface area contributed by atoms with Crippen LogP contribution in [0.15, 0.2) is 77.7 Å². The minimum absolute atomic E-state index is 0.0257. The Balaban J connectivity index is 1.62.